The zero-order valence-electron chi connectivity index (χ0n) is 9.30. The van der Waals surface area contributed by atoms with E-state index >= 15 is 0 Å². The number of nitrogens with zero attached hydrogens (tertiary/aromatic N) is 2. The van der Waals surface area contributed by atoms with E-state index in [1.165, 1.54) is 6.07 Å². The van der Waals surface area contributed by atoms with Gasteiger partial charge in [0, 0.05) is 11.6 Å². The highest BCUT2D eigenvalue weighted by molar-refractivity contribution is 9.10. The molecule has 1 aromatic carbocycles. The molecular weight excluding hydrogens is 296 g/mol. The standard InChI is InChI=1S/C13H9BrN2O2/c14-12-2-1-3-13(16-12)18-8-10-5-4-9(7-15)6-11(10)17/h1-6,17H,8H2. The number of aromatic nitrogens is 1. The zero-order chi connectivity index (χ0) is 13.0. The number of aromatic hydroxyl groups is 1. The fourth-order valence-corrected chi connectivity index (χ4v) is 1.70. The predicted octanol–water partition coefficient (Wildman–Crippen LogP) is 3.00. The van der Waals surface area contributed by atoms with Crippen LogP contribution in [0.5, 0.6) is 11.6 Å². The summed E-state index contributed by atoms with van der Waals surface area (Å²) in [6.07, 6.45) is 0. The second-order valence-electron chi connectivity index (χ2n) is 3.54. The molecule has 0 amide bonds. The maximum atomic E-state index is 9.69. The normalized spacial score (nSPS) is 9.78. The van der Waals surface area contributed by atoms with E-state index in [1.807, 2.05) is 12.1 Å². The summed E-state index contributed by atoms with van der Waals surface area (Å²) in [5.74, 6) is 0.511. The lowest BCUT2D eigenvalue weighted by molar-refractivity contribution is 0.287. The number of ether oxygens (including phenoxy) is 1. The first-order chi connectivity index (χ1) is 8.69. The van der Waals surface area contributed by atoms with Crippen molar-refractivity contribution < 1.29 is 9.84 Å². The van der Waals surface area contributed by atoms with Gasteiger partial charge in [0.15, 0.2) is 0 Å². The van der Waals surface area contributed by atoms with Crippen LogP contribution in [-0.2, 0) is 6.61 Å². The lowest BCUT2D eigenvalue weighted by Gasteiger charge is -2.07. The van der Waals surface area contributed by atoms with Crippen LogP contribution in [-0.4, -0.2) is 10.1 Å². The van der Waals surface area contributed by atoms with E-state index in [2.05, 4.69) is 20.9 Å². The van der Waals surface area contributed by atoms with Gasteiger partial charge >= 0.3 is 0 Å². The van der Waals surface area contributed by atoms with Gasteiger partial charge in [0.1, 0.15) is 17.0 Å². The molecule has 0 aliphatic carbocycles. The molecule has 0 fully saturated rings. The van der Waals surface area contributed by atoms with E-state index in [1.54, 1.807) is 24.3 Å². The Kier molecular flexibility index (Phi) is 3.80. The van der Waals surface area contributed by atoms with Crippen molar-refractivity contribution in [2.24, 2.45) is 0 Å². The van der Waals surface area contributed by atoms with Gasteiger partial charge in [0.25, 0.3) is 0 Å². The first-order valence-corrected chi connectivity index (χ1v) is 5.95. The summed E-state index contributed by atoms with van der Waals surface area (Å²) in [5.41, 5.74) is 1.02. The Labute approximate surface area is 113 Å². The van der Waals surface area contributed by atoms with Crippen LogP contribution in [0.3, 0.4) is 0 Å². The number of hydrogen-bond donors (Lipinski definition) is 1. The van der Waals surface area contributed by atoms with E-state index in [9.17, 15) is 5.11 Å². The van der Waals surface area contributed by atoms with Crippen LogP contribution < -0.4 is 4.74 Å². The molecule has 4 nitrogen and oxygen atoms in total. The zero-order valence-corrected chi connectivity index (χ0v) is 10.9. The van der Waals surface area contributed by atoms with Gasteiger partial charge in [-0.15, -0.1) is 0 Å². The van der Waals surface area contributed by atoms with Crippen LogP contribution in [0.1, 0.15) is 11.1 Å². The van der Waals surface area contributed by atoms with Crippen LogP contribution in [0.4, 0.5) is 0 Å². The average molecular weight is 305 g/mol. The van der Waals surface area contributed by atoms with Crippen LogP contribution in [0.2, 0.25) is 0 Å². The number of hydrogen-bond acceptors (Lipinski definition) is 4. The number of benzene rings is 1. The first kappa shape index (κ1) is 12.4. The maximum absolute atomic E-state index is 9.69. The Morgan fingerprint density at radius 1 is 1.33 bits per heavy atom. The van der Waals surface area contributed by atoms with Gasteiger partial charge in [-0.2, -0.15) is 5.26 Å². The molecule has 0 unspecified atom stereocenters. The van der Waals surface area contributed by atoms with E-state index in [0.717, 1.165) is 0 Å². The first-order valence-electron chi connectivity index (χ1n) is 5.16. The number of nitriles is 1. The van der Waals surface area contributed by atoms with Crippen molar-refractivity contribution in [3.8, 4) is 17.7 Å². The summed E-state index contributed by atoms with van der Waals surface area (Å²) in [6.45, 7) is 0.195. The largest absolute Gasteiger partial charge is 0.507 e. The second kappa shape index (κ2) is 5.52. The Morgan fingerprint density at radius 3 is 2.83 bits per heavy atom. The molecule has 0 saturated carbocycles. The van der Waals surface area contributed by atoms with Gasteiger partial charge in [-0.1, -0.05) is 12.1 Å². The number of rotatable bonds is 3. The summed E-state index contributed by atoms with van der Waals surface area (Å²) in [4.78, 5) is 4.11. The SMILES string of the molecule is N#Cc1ccc(COc2cccc(Br)n2)c(O)c1. The van der Waals surface area contributed by atoms with Gasteiger partial charge in [0.2, 0.25) is 5.88 Å². The quantitative estimate of drug-likeness (QED) is 0.885. The van der Waals surface area contributed by atoms with Crippen molar-refractivity contribution in [2.75, 3.05) is 0 Å². The van der Waals surface area contributed by atoms with E-state index in [-0.39, 0.29) is 12.4 Å². The smallest absolute Gasteiger partial charge is 0.214 e. The fraction of sp³-hybridized carbons (Fsp3) is 0.0769. The third-order valence-electron chi connectivity index (χ3n) is 2.28. The molecule has 0 bridgehead atoms. The Hall–Kier alpha value is -2.06. The molecule has 0 aliphatic heterocycles. The topological polar surface area (TPSA) is 66.1 Å². The molecule has 2 rings (SSSR count). The summed E-state index contributed by atoms with van der Waals surface area (Å²) in [7, 11) is 0. The third kappa shape index (κ3) is 2.99. The van der Waals surface area contributed by atoms with Gasteiger partial charge < -0.3 is 9.84 Å². The average Bonchev–Trinajstić information content (AvgIpc) is 2.37. The molecule has 1 aromatic heterocycles. The molecule has 90 valence electrons. The maximum Gasteiger partial charge on any atom is 0.214 e. The highest BCUT2D eigenvalue weighted by atomic mass is 79.9. The number of halogens is 1. The van der Waals surface area contributed by atoms with Crippen molar-refractivity contribution in [3.05, 3.63) is 52.1 Å². The van der Waals surface area contributed by atoms with Crippen molar-refractivity contribution >= 4 is 15.9 Å². The monoisotopic (exact) mass is 304 g/mol. The molecule has 1 N–H and O–H groups in total. The molecule has 0 aliphatic rings. The fourth-order valence-electron chi connectivity index (χ4n) is 1.38. The Bertz CT molecular complexity index is 608. The molecule has 5 heteroatoms. The lowest BCUT2D eigenvalue weighted by Crippen LogP contribution is -1.97. The van der Waals surface area contributed by atoms with E-state index in [0.29, 0.717) is 21.6 Å². The number of pyridine rings is 1. The van der Waals surface area contributed by atoms with Gasteiger partial charge in [-0.05, 0) is 34.1 Å². The minimum atomic E-state index is 0.0454. The van der Waals surface area contributed by atoms with Crippen molar-refractivity contribution in [1.82, 2.24) is 4.98 Å². The van der Waals surface area contributed by atoms with Gasteiger partial charge in [0.05, 0.1) is 11.6 Å². The third-order valence-corrected chi connectivity index (χ3v) is 2.72. The Balaban J connectivity index is 2.09. The summed E-state index contributed by atoms with van der Waals surface area (Å²) >= 11 is 3.25. The van der Waals surface area contributed by atoms with Crippen molar-refractivity contribution in [1.29, 1.82) is 5.26 Å². The van der Waals surface area contributed by atoms with Crippen LogP contribution in [0, 0.1) is 11.3 Å². The van der Waals surface area contributed by atoms with Crippen LogP contribution >= 0.6 is 15.9 Å². The molecule has 0 radical (unpaired) electrons. The Morgan fingerprint density at radius 2 is 2.17 bits per heavy atom. The molecule has 1 heterocycles. The minimum Gasteiger partial charge on any atom is -0.507 e. The molecule has 0 atom stereocenters. The molecule has 0 spiro atoms. The van der Waals surface area contributed by atoms with E-state index < -0.39 is 0 Å². The van der Waals surface area contributed by atoms with Crippen molar-refractivity contribution in [2.45, 2.75) is 6.61 Å². The second-order valence-corrected chi connectivity index (χ2v) is 4.35. The highest BCUT2D eigenvalue weighted by Crippen LogP contribution is 2.20. The number of phenols is 1. The van der Waals surface area contributed by atoms with Crippen LogP contribution in [0.25, 0.3) is 0 Å². The molecule has 18 heavy (non-hydrogen) atoms. The van der Waals surface area contributed by atoms with Gasteiger partial charge in [-0.25, -0.2) is 4.98 Å². The van der Waals surface area contributed by atoms with Crippen molar-refractivity contribution in [3.63, 3.8) is 0 Å². The minimum absolute atomic E-state index is 0.0454. The highest BCUT2D eigenvalue weighted by Gasteiger charge is 2.04. The molecule has 0 saturated heterocycles. The summed E-state index contributed by atoms with van der Waals surface area (Å²) < 4.78 is 6.13. The molecular formula is C13H9BrN2O2. The summed E-state index contributed by atoms with van der Waals surface area (Å²) in [6, 6.07) is 12.0. The predicted molar refractivity (Wildman–Crippen MR) is 69.1 cm³/mol. The molecule has 2 aromatic rings. The van der Waals surface area contributed by atoms with E-state index in [4.69, 9.17) is 10.00 Å². The lowest BCUT2D eigenvalue weighted by atomic mass is 10.1. The van der Waals surface area contributed by atoms with Gasteiger partial charge in [-0.3, -0.25) is 0 Å². The number of phenolic OH excluding ortho intramolecular Hbond substituents is 1. The summed E-state index contributed by atoms with van der Waals surface area (Å²) in [5, 5.41) is 18.4. The van der Waals surface area contributed by atoms with Crippen LogP contribution in [0.15, 0.2) is 41.0 Å².